The van der Waals surface area contributed by atoms with Crippen LogP contribution in [0.25, 0.3) is 0 Å². The van der Waals surface area contributed by atoms with Gasteiger partial charge in [-0.1, -0.05) is 24.3 Å². The molecule has 0 amide bonds. The molecular weight excluding hydrogens is 328 g/mol. The molecule has 0 spiro atoms. The van der Waals surface area contributed by atoms with E-state index in [1.165, 1.54) is 13.8 Å². The summed E-state index contributed by atoms with van der Waals surface area (Å²) in [6.45, 7) is 2.40. The number of fused-ring (bicyclic) bond motifs is 1. The molecule has 7 heteroatoms. The normalized spacial score (nSPS) is 29.3. The molecule has 25 heavy (non-hydrogen) atoms. The van der Waals surface area contributed by atoms with Crippen molar-refractivity contribution in [2.45, 2.75) is 37.8 Å². The van der Waals surface area contributed by atoms with Crippen LogP contribution < -0.4 is 0 Å². The summed E-state index contributed by atoms with van der Waals surface area (Å²) in [6, 6.07) is 8.52. The smallest absolute Gasteiger partial charge is 0.338 e. The van der Waals surface area contributed by atoms with Gasteiger partial charge in [0, 0.05) is 13.8 Å². The molecule has 0 unspecified atom stereocenters. The topological polar surface area (TPSA) is 91.4 Å². The maximum absolute atomic E-state index is 12.1. The molecule has 0 bridgehead atoms. The van der Waals surface area contributed by atoms with Crippen LogP contribution in [0.1, 0.15) is 24.2 Å². The van der Waals surface area contributed by atoms with Crippen molar-refractivity contribution < 1.29 is 33.3 Å². The van der Waals surface area contributed by atoms with Crippen molar-refractivity contribution in [3.05, 3.63) is 48.0 Å². The second-order valence-corrected chi connectivity index (χ2v) is 5.92. The number of hydrogen-bond donors (Lipinski definition) is 0. The highest BCUT2D eigenvalue weighted by Gasteiger charge is 2.67. The molecule has 4 atom stereocenters. The van der Waals surface area contributed by atoms with Gasteiger partial charge >= 0.3 is 17.9 Å². The summed E-state index contributed by atoms with van der Waals surface area (Å²) in [5.74, 6) is -1.56. The molecule has 7 nitrogen and oxygen atoms in total. The van der Waals surface area contributed by atoms with Gasteiger partial charge in [-0.05, 0) is 18.2 Å². The van der Waals surface area contributed by atoms with Crippen molar-refractivity contribution in [1.82, 2.24) is 0 Å². The van der Waals surface area contributed by atoms with Crippen molar-refractivity contribution in [2.24, 2.45) is 0 Å². The zero-order chi connectivity index (χ0) is 18.0. The van der Waals surface area contributed by atoms with Crippen LogP contribution in [0, 0.1) is 0 Å². The highest BCUT2D eigenvalue weighted by molar-refractivity contribution is 5.89. The molecule has 1 aliphatic heterocycles. The fraction of sp³-hybridized carbons (Fsp3) is 0.389. The van der Waals surface area contributed by atoms with Crippen LogP contribution >= 0.6 is 0 Å². The van der Waals surface area contributed by atoms with E-state index in [1.54, 1.807) is 42.5 Å². The Balaban J connectivity index is 1.74. The Kier molecular flexibility index (Phi) is 4.59. The molecule has 2 aliphatic rings. The van der Waals surface area contributed by atoms with Gasteiger partial charge in [-0.15, -0.1) is 0 Å². The molecule has 0 N–H and O–H groups in total. The zero-order valence-electron chi connectivity index (χ0n) is 13.8. The van der Waals surface area contributed by atoms with Crippen LogP contribution in [0.15, 0.2) is 42.5 Å². The molecule has 1 saturated heterocycles. The SMILES string of the molecule is CC(=O)O[C@H]1C=C[C@H]2O[C@@]2(COC(=O)c2ccccc2)[C@@H]1OC(C)=O. The van der Waals surface area contributed by atoms with Crippen molar-refractivity contribution in [3.8, 4) is 0 Å². The van der Waals surface area contributed by atoms with Crippen LogP contribution in [0.5, 0.6) is 0 Å². The molecule has 0 radical (unpaired) electrons. The summed E-state index contributed by atoms with van der Waals surface area (Å²) < 4.78 is 21.5. The number of ether oxygens (including phenoxy) is 4. The van der Waals surface area contributed by atoms with Crippen LogP contribution in [-0.4, -0.2) is 48.4 Å². The number of carbonyl (C=O) groups is 3. The minimum atomic E-state index is -1.04. The molecular formula is C18H18O7. The fourth-order valence-electron chi connectivity index (χ4n) is 2.90. The number of benzene rings is 1. The summed E-state index contributed by atoms with van der Waals surface area (Å²) in [5.41, 5.74) is -0.631. The van der Waals surface area contributed by atoms with Crippen LogP contribution in [0.3, 0.4) is 0 Å². The Morgan fingerprint density at radius 1 is 1.04 bits per heavy atom. The van der Waals surface area contributed by atoms with Crippen molar-refractivity contribution in [1.29, 1.82) is 0 Å². The minimum absolute atomic E-state index is 0.120. The highest BCUT2D eigenvalue weighted by Crippen LogP contribution is 2.47. The lowest BCUT2D eigenvalue weighted by atomic mass is 9.89. The first-order valence-corrected chi connectivity index (χ1v) is 7.85. The Morgan fingerprint density at radius 3 is 2.36 bits per heavy atom. The van der Waals surface area contributed by atoms with E-state index in [-0.39, 0.29) is 12.7 Å². The molecule has 0 saturated carbocycles. The van der Waals surface area contributed by atoms with Gasteiger partial charge in [-0.25, -0.2) is 4.79 Å². The lowest BCUT2D eigenvalue weighted by Crippen LogP contribution is -2.50. The van der Waals surface area contributed by atoms with Gasteiger partial charge in [0.15, 0.2) is 17.8 Å². The van der Waals surface area contributed by atoms with Crippen molar-refractivity contribution >= 4 is 17.9 Å². The van der Waals surface area contributed by atoms with Gasteiger partial charge in [0.05, 0.1) is 5.56 Å². The quantitative estimate of drug-likeness (QED) is 0.344. The van der Waals surface area contributed by atoms with Gasteiger partial charge in [-0.2, -0.15) is 0 Å². The largest absolute Gasteiger partial charge is 0.459 e. The van der Waals surface area contributed by atoms with E-state index in [0.717, 1.165) is 0 Å². The standard InChI is InChI=1S/C18H18O7/c1-11(19)23-14-8-9-15-18(25-15,16(14)24-12(2)20)10-22-17(21)13-6-4-3-5-7-13/h3-9,14-16H,10H2,1-2H3/t14-,15+,16+,18+/m0/s1. The predicted octanol–water partition coefficient (Wildman–Crippen LogP) is 1.41. The summed E-state index contributed by atoms with van der Waals surface area (Å²) >= 11 is 0. The summed E-state index contributed by atoms with van der Waals surface area (Å²) in [6.07, 6.45) is 1.28. The van der Waals surface area contributed by atoms with E-state index in [9.17, 15) is 14.4 Å². The zero-order valence-corrected chi connectivity index (χ0v) is 13.8. The monoisotopic (exact) mass is 346 g/mol. The molecule has 1 fully saturated rings. The van der Waals surface area contributed by atoms with Crippen LogP contribution in [0.2, 0.25) is 0 Å². The Labute approximate surface area is 144 Å². The number of carbonyl (C=O) groups excluding carboxylic acids is 3. The Morgan fingerprint density at radius 2 is 1.72 bits per heavy atom. The van der Waals surface area contributed by atoms with E-state index in [2.05, 4.69) is 0 Å². The maximum Gasteiger partial charge on any atom is 0.338 e. The second-order valence-electron chi connectivity index (χ2n) is 5.92. The molecule has 1 aromatic carbocycles. The van der Waals surface area contributed by atoms with Gasteiger partial charge in [-0.3, -0.25) is 9.59 Å². The van der Waals surface area contributed by atoms with E-state index in [1.807, 2.05) is 0 Å². The summed E-state index contributed by atoms with van der Waals surface area (Å²) in [5, 5.41) is 0. The van der Waals surface area contributed by atoms with Crippen molar-refractivity contribution in [3.63, 3.8) is 0 Å². The number of rotatable bonds is 5. The number of epoxide rings is 1. The first kappa shape index (κ1) is 17.2. The molecule has 1 aliphatic carbocycles. The van der Waals surface area contributed by atoms with Crippen LogP contribution in [-0.2, 0) is 28.5 Å². The Bertz CT molecular complexity index is 711. The molecule has 1 aromatic rings. The summed E-state index contributed by atoms with van der Waals surface area (Å²) in [7, 11) is 0. The lowest BCUT2D eigenvalue weighted by Gasteiger charge is -2.31. The van der Waals surface area contributed by atoms with Gasteiger partial charge in [0.2, 0.25) is 0 Å². The van der Waals surface area contributed by atoms with Gasteiger partial charge < -0.3 is 18.9 Å². The van der Waals surface area contributed by atoms with E-state index >= 15 is 0 Å². The lowest BCUT2D eigenvalue weighted by molar-refractivity contribution is -0.168. The predicted molar refractivity (Wildman–Crippen MR) is 84.6 cm³/mol. The summed E-state index contributed by atoms with van der Waals surface area (Å²) in [4.78, 5) is 34.9. The number of hydrogen-bond acceptors (Lipinski definition) is 7. The molecule has 1 heterocycles. The van der Waals surface area contributed by atoms with E-state index in [0.29, 0.717) is 5.56 Å². The van der Waals surface area contributed by atoms with Gasteiger partial charge in [0.25, 0.3) is 0 Å². The first-order chi connectivity index (χ1) is 11.9. The number of esters is 3. The average molecular weight is 346 g/mol. The first-order valence-electron chi connectivity index (χ1n) is 7.85. The second kappa shape index (κ2) is 6.68. The third-order valence-corrected chi connectivity index (χ3v) is 4.06. The fourth-order valence-corrected chi connectivity index (χ4v) is 2.90. The Hall–Kier alpha value is -2.67. The van der Waals surface area contributed by atoms with E-state index in [4.69, 9.17) is 18.9 Å². The third kappa shape index (κ3) is 3.56. The van der Waals surface area contributed by atoms with E-state index < -0.39 is 35.7 Å². The molecule has 0 aromatic heterocycles. The highest BCUT2D eigenvalue weighted by atomic mass is 16.7. The average Bonchev–Trinajstić information content (AvgIpc) is 3.30. The molecule has 132 valence electrons. The third-order valence-electron chi connectivity index (χ3n) is 4.06. The van der Waals surface area contributed by atoms with Crippen molar-refractivity contribution in [2.75, 3.05) is 6.61 Å². The van der Waals surface area contributed by atoms with Gasteiger partial charge in [0.1, 0.15) is 12.7 Å². The minimum Gasteiger partial charge on any atom is -0.459 e. The molecule has 3 rings (SSSR count). The van der Waals surface area contributed by atoms with Crippen LogP contribution in [0.4, 0.5) is 0 Å². The maximum atomic E-state index is 12.1.